The number of halogens is 1. The lowest BCUT2D eigenvalue weighted by Crippen LogP contribution is -2.21. The van der Waals surface area contributed by atoms with Crippen molar-refractivity contribution in [3.8, 4) is 0 Å². The summed E-state index contributed by atoms with van der Waals surface area (Å²) in [6, 6.07) is 14.1. The van der Waals surface area contributed by atoms with Crippen molar-refractivity contribution in [3.05, 3.63) is 53.2 Å². The third-order valence-corrected chi connectivity index (χ3v) is 3.15. The SMILES string of the molecule is CN(CCCNc1ccc(Cl)nn1)Cc1ccccc1. The number of nitrogens with zero attached hydrogens (tertiary/aromatic N) is 3. The molecule has 0 aliphatic carbocycles. The monoisotopic (exact) mass is 290 g/mol. The Morgan fingerprint density at radius 1 is 1.10 bits per heavy atom. The van der Waals surface area contributed by atoms with Gasteiger partial charge in [0.2, 0.25) is 0 Å². The van der Waals surface area contributed by atoms with Gasteiger partial charge < -0.3 is 10.2 Å². The molecule has 0 saturated heterocycles. The molecule has 1 aromatic heterocycles. The smallest absolute Gasteiger partial charge is 0.151 e. The summed E-state index contributed by atoms with van der Waals surface area (Å²) in [5, 5.41) is 11.4. The second kappa shape index (κ2) is 7.82. The van der Waals surface area contributed by atoms with Crippen LogP contribution in [0, 0.1) is 0 Å². The molecule has 0 radical (unpaired) electrons. The van der Waals surface area contributed by atoms with E-state index in [-0.39, 0.29) is 0 Å². The maximum absolute atomic E-state index is 5.68. The maximum atomic E-state index is 5.68. The number of hydrogen-bond donors (Lipinski definition) is 1. The Morgan fingerprint density at radius 3 is 2.60 bits per heavy atom. The van der Waals surface area contributed by atoms with E-state index >= 15 is 0 Å². The quantitative estimate of drug-likeness (QED) is 0.796. The average Bonchev–Trinajstić information content (AvgIpc) is 2.46. The van der Waals surface area contributed by atoms with Gasteiger partial charge >= 0.3 is 0 Å². The fourth-order valence-corrected chi connectivity index (χ4v) is 2.05. The zero-order valence-electron chi connectivity index (χ0n) is 11.6. The Balaban J connectivity index is 1.64. The molecule has 1 N–H and O–H groups in total. The lowest BCUT2D eigenvalue weighted by atomic mass is 10.2. The summed E-state index contributed by atoms with van der Waals surface area (Å²) in [5.41, 5.74) is 1.34. The van der Waals surface area contributed by atoms with Crippen LogP contribution in [-0.2, 0) is 6.54 Å². The van der Waals surface area contributed by atoms with E-state index in [9.17, 15) is 0 Å². The highest BCUT2D eigenvalue weighted by Gasteiger charge is 2.00. The number of benzene rings is 1. The first-order valence-electron chi connectivity index (χ1n) is 6.69. The van der Waals surface area contributed by atoms with Crippen LogP contribution in [0.5, 0.6) is 0 Å². The Labute approximate surface area is 124 Å². The minimum atomic E-state index is 0.415. The zero-order chi connectivity index (χ0) is 14.2. The fraction of sp³-hybridized carbons (Fsp3) is 0.333. The lowest BCUT2D eigenvalue weighted by molar-refractivity contribution is 0.325. The molecule has 0 fully saturated rings. The first kappa shape index (κ1) is 14.8. The Kier molecular flexibility index (Phi) is 5.77. The second-order valence-corrected chi connectivity index (χ2v) is 5.13. The van der Waals surface area contributed by atoms with Gasteiger partial charge in [-0.2, -0.15) is 0 Å². The lowest BCUT2D eigenvalue weighted by Gasteiger charge is -2.16. The van der Waals surface area contributed by atoms with E-state index < -0.39 is 0 Å². The van der Waals surface area contributed by atoms with Crippen LogP contribution in [0.25, 0.3) is 0 Å². The topological polar surface area (TPSA) is 41.0 Å². The van der Waals surface area contributed by atoms with Crippen LogP contribution in [0.1, 0.15) is 12.0 Å². The van der Waals surface area contributed by atoms with Crippen molar-refractivity contribution in [2.45, 2.75) is 13.0 Å². The molecule has 1 heterocycles. The van der Waals surface area contributed by atoms with Crippen LogP contribution in [0.4, 0.5) is 5.82 Å². The highest BCUT2D eigenvalue weighted by atomic mass is 35.5. The summed E-state index contributed by atoms with van der Waals surface area (Å²) in [4.78, 5) is 2.31. The molecule has 2 aromatic rings. The second-order valence-electron chi connectivity index (χ2n) is 4.75. The molecule has 2 rings (SSSR count). The van der Waals surface area contributed by atoms with Gasteiger partial charge in [0.15, 0.2) is 5.15 Å². The summed E-state index contributed by atoms with van der Waals surface area (Å²) < 4.78 is 0. The van der Waals surface area contributed by atoms with E-state index in [0.29, 0.717) is 5.15 Å². The number of rotatable bonds is 7. The Morgan fingerprint density at radius 2 is 1.90 bits per heavy atom. The van der Waals surface area contributed by atoms with E-state index in [1.165, 1.54) is 5.56 Å². The first-order valence-corrected chi connectivity index (χ1v) is 7.07. The zero-order valence-corrected chi connectivity index (χ0v) is 12.3. The molecule has 5 heteroatoms. The summed E-state index contributed by atoms with van der Waals surface area (Å²) in [6.07, 6.45) is 1.05. The normalized spacial score (nSPS) is 10.8. The van der Waals surface area contributed by atoms with Crippen LogP contribution in [0.15, 0.2) is 42.5 Å². The molecule has 0 amide bonds. The van der Waals surface area contributed by atoms with Gasteiger partial charge in [0.25, 0.3) is 0 Å². The van der Waals surface area contributed by atoms with Crippen molar-refractivity contribution in [1.82, 2.24) is 15.1 Å². The van der Waals surface area contributed by atoms with E-state index in [1.54, 1.807) is 6.07 Å². The van der Waals surface area contributed by atoms with E-state index in [4.69, 9.17) is 11.6 Å². The molecule has 20 heavy (non-hydrogen) atoms. The molecular weight excluding hydrogens is 272 g/mol. The van der Waals surface area contributed by atoms with Crippen molar-refractivity contribution in [2.75, 3.05) is 25.5 Å². The van der Waals surface area contributed by atoms with Crippen LogP contribution in [0.3, 0.4) is 0 Å². The van der Waals surface area contributed by atoms with Crippen LogP contribution in [0.2, 0.25) is 5.15 Å². The van der Waals surface area contributed by atoms with Crippen molar-refractivity contribution in [3.63, 3.8) is 0 Å². The molecular formula is C15H19ClN4. The highest BCUT2D eigenvalue weighted by molar-refractivity contribution is 6.29. The predicted molar refractivity (Wildman–Crippen MR) is 82.9 cm³/mol. The van der Waals surface area contributed by atoms with Gasteiger partial charge in [-0.1, -0.05) is 41.9 Å². The van der Waals surface area contributed by atoms with Crippen molar-refractivity contribution in [2.24, 2.45) is 0 Å². The van der Waals surface area contributed by atoms with Gasteiger partial charge in [-0.05, 0) is 37.7 Å². The number of hydrogen-bond acceptors (Lipinski definition) is 4. The van der Waals surface area contributed by atoms with Gasteiger partial charge in [-0.15, -0.1) is 10.2 Å². The van der Waals surface area contributed by atoms with Gasteiger partial charge in [0.05, 0.1) is 0 Å². The molecule has 0 saturated carbocycles. The minimum Gasteiger partial charge on any atom is -0.369 e. The number of nitrogens with one attached hydrogen (secondary N) is 1. The van der Waals surface area contributed by atoms with Crippen LogP contribution < -0.4 is 5.32 Å². The average molecular weight is 291 g/mol. The summed E-state index contributed by atoms with van der Waals surface area (Å²) in [7, 11) is 2.13. The van der Waals surface area contributed by atoms with E-state index in [1.807, 2.05) is 12.1 Å². The molecule has 0 aliphatic rings. The van der Waals surface area contributed by atoms with Gasteiger partial charge in [0, 0.05) is 13.1 Å². The Hall–Kier alpha value is -1.65. The summed E-state index contributed by atoms with van der Waals surface area (Å²) in [5.74, 6) is 0.764. The molecule has 0 spiro atoms. The Bertz CT molecular complexity index is 501. The fourth-order valence-electron chi connectivity index (χ4n) is 1.95. The van der Waals surface area contributed by atoms with E-state index in [2.05, 4.69) is 51.7 Å². The molecule has 0 unspecified atom stereocenters. The van der Waals surface area contributed by atoms with Gasteiger partial charge in [-0.25, -0.2) is 0 Å². The van der Waals surface area contributed by atoms with Crippen LogP contribution >= 0.6 is 11.6 Å². The van der Waals surface area contributed by atoms with Crippen molar-refractivity contribution in [1.29, 1.82) is 0 Å². The first-order chi connectivity index (χ1) is 9.74. The third-order valence-electron chi connectivity index (χ3n) is 2.95. The highest BCUT2D eigenvalue weighted by Crippen LogP contribution is 2.06. The molecule has 1 aromatic carbocycles. The minimum absolute atomic E-state index is 0.415. The molecule has 0 atom stereocenters. The number of anilines is 1. The van der Waals surface area contributed by atoms with Crippen LogP contribution in [-0.4, -0.2) is 35.2 Å². The van der Waals surface area contributed by atoms with Gasteiger partial charge in [0.1, 0.15) is 5.82 Å². The number of aromatic nitrogens is 2. The third kappa shape index (κ3) is 5.15. The molecule has 0 aliphatic heterocycles. The summed E-state index contributed by atoms with van der Waals surface area (Å²) in [6.45, 7) is 2.87. The maximum Gasteiger partial charge on any atom is 0.151 e. The summed E-state index contributed by atoms with van der Waals surface area (Å²) >= 11 is 5.68. The van der Waals surface area contributed by atoms with Crippen molar-refractivity contribution >= 4 is 17.4 Å². The molecule has 106 valence electrons. The predicted octanol–water partition coefficient (Wildman–Crippen LogP) is 3.06. The van der Waals surface area contributed by atoms with Gasteiger partial charge in [-0.3, -0.25) is 0 Å². The largest absolute Gasteiger partial charge is 0.369 e. The molecule has 4 nitrogen and oxygen atoms in total. The standard InChI is InChI=1S/C15H19ClN4/c1-20(12-13-6-3-2-4-7-13)11-5-10-17-15-9-8-14(16)18-19-15/h2-4,6-9H,5,10-12H2,1H3,(H,17,19). The van der Waals surface area contributed by atoms with E-state index in [0.717, 1.165) is 31.9 Å². The van der Waals surface area contributed by atoms with Crippen molar-refractivity contribution < 1.29 is 0 Å². The molecule has 0 bridgehead atoms.